The minimum Gasteiger partial charge on any atom is -0.493 e. The summed E-state index contributed by atoms with van der Waals surface area (Å²) in [7, 11) is 1.49. The van der Waals surface area contributed by atoms with Crippen molar-refractivity contribution in [3.05, 3.63) is 47.5 Å². The fraction of sp³-hybridized carbons (Fsp3) is 0.381. The van der Waals surface area contributed by atoms with E-state index in [1.54, 1.807) is 32.9 Å². The number of nitrogens with one attached hydrogen (secondary N) is 1. The number of aryl methyl sites for hydroxylation is 1. The van der Waals surface area contributed by atoms with E-state index in [2.05, 4.69) is 20.3 Å². The van der Waals surface area contributed by atoms with Crippen molar-refractivity contribution in [3.63, 3.8) is 0 Å². The number of hydrogen-bond acceptors (Lipinski definition) is 7. The van der Waals surface area contributed by atoms with Crippen LogP contribution in [-0.2, 0) is 6.18 Å². The molecule has 31 heavy (non-hydrogen) atoms. The first-order valence-corrected chi connectivity index (χ1v) is 9.56. The van der Waals surface area contributed by atoms with E-state index in [1.165, 1.54) is 7.11 Å². The molecule has 166 valence electrons. The highest BCUT2D eigenvalue weighted by Crippen LogP contribution is 2.36. The Morgan fingerprint density at radius 2 is 1.87 bits per heavy atom. The molecule has 3 aromatic rings. The molecule has 0 bridgehead atoms. The Labute approximate surface area is 177 Å². The van der Waals surface area contributed by atoms with Crippen LogP contribution in [0.25, 0.3) is 10.9 Å². The van der Waals surface area contributed by atoms with Gasteiger partial charge in [0, 0.05) is 17.6 Å². The molecule has 0 amide bonds. The van der Waals surface area contributed by atoms with Gasteiger partial charge in [-0.15, -0.1) is 0 Å². The van der Waals surface area contributed by atoms with Crippen molar-refractivity contribution in [2.75, 3.05) is 19.0 Å². The Bertz CT molecular complexity index is 1080. The van der Waals surface area contributed by atoms with E-state index in [9.17, 15) is 18.3 Å². The fourth-order valence-electron chi connectivity index (χ4n) is 3.01. The number of aliphatic hydroxyl groups excluding tert-OH is 1. The number of fused-ring (bicyclic) bond motifs is 1. The number of nitrogens with zero attached hydrogens (tertiary/aromatic N) is 3. The number of benzene rings is 1. The summed E-state index contributed by atoms with van der Waals surface area (Å²) in [6.45, 7) is 4.92. The molecule has 2 N–H and O–H groups in total. The fourth-order valence-corrected chi connectivity index (χ4v) is 3.01. The third-order valence-corrected chi connectivity index (χ3v) is 4.58. The van der Waals surface area contributed by atoms with E-state index in [4.69, 9.17) is 9.47 Å². The molecule has 0 saturated carbocycles. The number of rotatable bonds is 7. The number of halogens is 3. The largest absolute Gasteiger partial charge is 0.493 e. The van der Waals surface area contributed by atoms with Crippen LogP contribution in [0.4, 0.5) is 19.0 Å². The maximum atomic E-state index is 13.1. The maximum Gasteiger partial charge on any atom is 0.416 e. The van der Waals surface area contributed by atoms with Crippen molar-refractivity contribution in [2.45, 2.75) is 39.1 Å². The first-order valence-electron chi connectivity index (χ1n) is 9.56. The third kappa shape index (κ3) is 5.13. The zero-order valence-electron chi connectivity index (χ0n) is 17.5. The molecule has 0 fully saturated rings. The number of pyridine rings is 1. The number of ether oxygens (including phenoxy) is 2. The topological polar surface area (TPSA) is 89.4 Å². The van der Waals surface area contributed by atoms with E-state index in [1.807, 2.05) is 0 Å². The number of alkyl halides is 3. The smallest absolute Gasteiger partial charge is 0.416 e. The molecule has 0 aliphatic heterocycles. The summed E-state index contributed by atoms with van der Waals surface area (Å²) >= 11 is 0. The van der Waals surface area contributed by atoms with Crippen LogP contribution in [0.1, 0.15) is 37.0 Å². The van der Waals surface area contributed by atoms with Gasteiger partial charge >= 0.3 is 6.18 Å². The molecule has 7 nitrogen and oxygen atoms in total. The van der Waals surface area contributed by atoms with Crippen molar-refractivity contribution in [3.8, 4) is 11.5 Å². The van der Waals surface area contributed by atoms with Crippen LogP contribution < -0.4 is 14.8 Å². The van der Waals surface area contributed by atoms with Crippen molar-refractivity contribution in [2.24, 2.45) is 0 Å². The van der Waals surface area contributed by atoms with Crippen molar-refractivity contribution < 1.29 is 27.8 Å². The number of aliphatic hydroxyl groups is 1. The van der Waals surface area contributed by atoms with Gasteiger partial charge in [-0.2, -0.15) is 13.2 Å². The molecule has 2 heterocycles. The van der Waals surface area contributed by atoms with Gasteiger partial charge < -0.3 is 19.9 Å². The molecule has 2 atom stereocenters. The number of hydrogen-bond donors (Lipinski definition) is 2. The molecule has 2 aromatic heterocycles. The first-order chi connectivity index (χ1) is 14.6. The normalized spacial score (nSPS) is 13.7. The number of aromatic nitrogens is 3. The third-order valence-electron chi connectivity index (χ3n) is 4.58. The summed E-state index contributed by atoms with van der Waals surface area (Å²) in [5, 5.41) is 13.0. The highest BCUT2D eigenvalue weighted by atomic mass is 19.4. The van der Waals surface area contributed by atoms with Gasteiger partial charge in [-0.25, -0.2) is 9.97 Å². The molecule has 0 aliphatic carbocycles. The maximum absolute atomic E-state index is 13.1. The second-order valence-electron chi connectivity index (χ2n) is 7.08. The highest BCUT2D eigenvalue weighted by molar-refractivity contribution is 5.92. The number of methoxy groups -OCH3 is 1. The predicted octanol–water partition coefficient (Wildman–Crippen LogP) is 4.29. The molecule has 1 unspecified atom stereocenters. The minimum atomic E-state index is -4.46. The summed E-state index contributed by atoms with van der Waals surface area (Å²) < 4.78 is 50.3. The highest BCUT2D eigenvalue weighted by Gasteiger charge is 2.31. The van der Waals surface area contributed by atoms with Crippen molar-refractivity contribution in [1.29, 1.82) is 0 Å². The zero-order valence-corrected chi connectivity index (χ0v) is 17.5. The molecule has 0 aliphatic rings. The molecular formula is C21H23F3N4O3. The Balaban J connectivity index is 2.02. The van der Waals surface area contributed by atoms with Crippen LogP contribution in [0.3, 0.4) is 0 Å². The van der Waals surface area contributed by atoms with Crippen molar-refractivity contribution >= 4 is 16.7 Å². The van der Waals surface area contributed by atoms with Gasteiger partial charge in [0.25, 0.3) is 0 Å². The van der Waals surface area contributed by atoms with Crippen LogP contribution in [0.2, 0.25) is 0 Å². The van der Waals surface area contributed by atoms with Crippen LogP contribution in [-0.4, -0.2) is 39.9 Å². The Hall–Kier alpha value is -3.14. The van der Waals surface area contributed by atoms with Gasteiger partial charge in [0.15, 0.2) is 11.5 Å². The van der Waals surface area contributed by atoms with Crippen LogP contribution in [0.15, 0.2) is 30.5 Å². The molecule has 1 aromatic carbocycles. The Kier molecular flexibility index (Phi) is 6.49. The second-order valence-corrected chi connectivity index (χ2v) is 7.08. The molecule has 10 heteroatoms. The van der Waals surface area contributed by atoms with Gasteiger partial charge in [-0.3, -0.25) is 4.98 Å². The van der Waals surface area contributed by atoms with E-state index in [-0.39, 0.29) is 12.3 Å². The standard InChI is InChI=1S/C21H23F3N4O3/c1-11(10-29)31-19-8-15-17(9-18(19)30-4)27-13(3)28-20(15)26-12(2)16-7-14(5-6-25-16)21(22,23)24/h5-9,11-12,29H,10H2,1-4H3,(H,26,27,28)/t11?,12-/m1/s1. The van der Waals surface area contributed by atoms with Gasteiger partial charge in [-0.05, 0) is 39.0 Å². The Morgan fingerprint density at radius 1 is 1.13 bits per heavy atom. The van der Waals surface area contributed by atoms with E-state index in [0.29, 0.717) is 34.0 Å². The summed E-state index contributed by atoms with van der Waals surface area (Å²) in [4.78, 5) is 12.9. The van der Waals surface area contributed by atoms with Crippen LogP contribution >= 0.6 is 0 Å². The zero-order chi connectivity index (χ0) is 22.8. The molecule has 0 saturated heterocycles. The van der Waals surface area contributed by atoms with Crippen molar-refractivity contribution in [1.82, 2.24) is 15.0 Å². The molecular weight excluding hydrogens is 413 g/mol. The van der Waals surface area contributed by atoms with Gasteiger partial charge in [0.1, 0.15) is 17.7 Å². The average molecular weight is 436 g/mol. The molecule has 3 rings (SSSR count). The number of anilines is 1. The molecule has 0 spiro atoms. The lowest BCUT2D eigenvalue weighted by Crippen LogP contribution is -2.17. The lowest BCUT2D eigenvalue weighted by molar-refractivity contribution is -0.137. The lowest BCUT2D eigenvalue weighted by Gasteiger charge is -2.19. The Morgan fingerprint density at radius 3 is 2.52 bits per heavy atom. The van der Waals surface area contributed by atoms with Crippen LogP contribution in [0, 0.1) is 6.92 Å². The van der Waals surface area contributed by atoms with Gasteiger partial charge in [0.05, 0.1) is 36.5 Å². The second kappa shape index (κ2) is 8.93. The summed E-state index contributed by atoms with van der Waals surface area (Å²) in [5.74, 6) is 1.71. The molecule has 0 radical (unpaired) electrons. The quantitative estimate of drug-likeness (QED) is 0.571. The van der Waals surface area contributed by atoms with E-state index < -0.39 is 23.9 Å². The SMILES string of the molecule is COc1cc2nc(C)nc(N[C@H](C)c3cc(C(F)(F)F)ccn3)c2cc1OC(C)CO. The van der Waals surface area contributed by atoms with E-state index >= 15 is 0 Å². The lowest BCUT2D eigenvalue weighted by atomic mass is 10.1. The van der Waals surface area contributed by atoms with Gasteiger partial charge in [0.2, 0.25) is 0 Å². The summed E-state index contributed by atoms with van der Waals surface area (Å²) in [6.07, 6.45) is -3.79. The van der Waals surface area contributed by atoms with E-state index in [0.717, 1.165) is 18.3 Å². The first kappa shape index (κ1) is 22.5. The minimum absolute atomic E-state index is 0.186. The predicted molar refractivity (Wildman–Crippen MR) is 109 cm³/mol. The van der Waals surface area contributed by atoms with Crippen LogP contribution in [0.5, 0.6) is 11.5 Å². The summed E-state index contributed by atoms with van der Waals surface area (Å²) in [5.41, 5.74) is 0.0199. The summed E-state index contributed by atoms with van der Waals surface area (Å²) in [6, 6.07) is 4.73. The van der Waals surface area contributed by atoms with Gasteiger partial charge in [-0.1, -0.05) is 0 Å². The monoisotopic (exact) mass is 436 g/mol. The average Bonchev–Trinajstić information content (AvgIpc) is 2.72.